The second kappa shape index (κ2) is 4.06. The molecule has 0 saturated heterocycles. The van der Waals surface area contributed by atoms with Gasteiger partial charge in [0.25, 0.3) is 0 Å². The molecule has 22 heavy (non-hydrogen) atoms. The lowest BCUT2D eigenvalue weighted by Gasteiger charge is -2.24. The van der Waals surface area contributed by atoms with E-state index >= 15 is 0 Å². The van der Waals surface area contributed by atoms with Crippen LogP contribution in [-0.2, 0) is 0 Å². The minimum absolute atomic E-state index is 1.20. The number of pyridine rings is 1. The van der Waals surface area contributed by atoms with Gasteiger partial charge in [-0.3, -0.25) is 4.98 Å². The third kappa shape index (κ3) is 1.40. The Kier molecular flexibility index (Phi) is 2.32. The van der Waals surface area contributed by atoms with E-state index in [-0.39, 0.29) is 0 Å². The Hall–Kier alpha value is -1.97. The second-order valence-corrected chi connectivity index (χ2v) is 11.9. The molecule has 0 saturated carbocycles. The predicted octanol–water partition coefficient (Wildman–Crippen LogP) is 4.25. The molecule has 2 aromatic carbocycles. The summed E-state index contributed by atoms with van der Waals surface area (Å²) in [6.07, 6.45) is 1.93. The normalized spacial score (nSPS) is 15.2. The Balaban J connectivity index is 2.15. The van der Waals surface area contributed by atoms with Crippen molar-refractivity contribution in [3.8, 4) is 11.3 Å². The molecule has 0 spiro atoms. The van der Waals surface area contributed by atoms with E-state index in [1.54, 1.807) is 5.19 Å². The van der Waals surface area contributed by atoms with Crippen LogP contribution in [0.5, 0.6) is 0 Å². The molecular formula is C19H15NSSi. The van der Waals surface area contributed by atoms with Crippen molar-refractivity contribution in [2.75, 3.05) is 0 Å². The van der Waals surface area contributed by atoms with Gasteiger partial charge in [-0.15, -0.1) is 11.3 Å². The number of aromatic nitrogens is 1. The van der Waals surface area contributed by atoms with Gasteiger partial charge in [-0.25, -0.2) is 0 Å². The SMILES string of the molecule is C[Si]1(C)c2cccnc2-c2cccc3sc4cccc1c4c23. The zero-order valence-corrected chi connectivity index (χ0v) is 14.4. The van der Waals surface area contributed by atoms with Gasteiger partial charge in [0.05, 0.1) is 5.69 Å². The van der Waals surface area contributed by atoms with Gasteiger partial charge >= 0.3 is 0 Å². The Morgan fingerprint density at radius 1 is 0.818 bits per heavy atom. The Morgan fingerprint density at radius 2 is 1.55 bits per heavy atom. The molecule has 0 unspecified atom stereocenters. The number of hydrogen-bond donors (Lipinski definition) is 0. The maximum absolute atomic E-state index is 4.79. The van der Waals surface area contributed by atoms with Crippen LogP contribution >= 0.6 is 11.3 Å². The van der Waals surface area contributed by atoms with E-state index in [9.17, 15) is 0 Å². The molecule has 1 aliphatic heterocycles. The summed E-state index contributed by atoms with van der Waals surface area (Å²) in [4.78, 5) is 4.79. The summed E-state index contributed by atoms with van der Waals surface area (Å²) in [5, 5.41) is 5.90. The van der Waals surface area contributed by atoms with Crippen molar-refractivity contribution in [2.45, 2.75) is 13.1 Å². The molecule has 0 amide bonds. The van der Waals surface area contributed by atoms with Crippen molar-refractivity contribution in [2.24, 2.45) is 0 Å². The van der Waals surface area contributed by atoms with Gasteiger partial charge < -0.3 is 0 Å². The Bertz CT molecular complexity index is 1060. The van der Waals surface area contributed by atoms with E-state index in [1.807, 2.05) is 17.5 Å². The van der Waals surface area contributed by atoms with Crippen LogP contribution in [0.15, 0.2) is 54.7 Å². The van der Waals surface area contributed by atoms with E-state index in [4.69, 9.17) is 4.98 Å². The van der Waals surface area contributed by atoms with E-state index in [0.717, 1.165) is 0 Å². The molecule has 0 bridgehead atoms. The topological polar surface area (TPSA) is 12.9 Å². The molecule has 0 N–H and O–H groups in total. The molecule has 0 atom stereocenters. The molecule has 5 rings (SSSR count). The molecule has 0 aliphatic carbocycles. The highest BCUT2D eigenvalue weighted by Gasteiger charge is 2.35. The minimum Gasteiger partial charge on any atom is -0.256 e. The van der Waals surface area contributed by atoms with Crippen molar-refractivity contribution in [1.29, 1.82) is 0 Å². The zero-order valence-electron chi connectivity index (χ0n) is 12.6. The van der Waals surface area contributed by atoms with Crippen molar-refractivity contribution >= 4 is 50.0 Å². The standard InChI is InChI=1S/C19H15NSSi/c1-22(2)15-9-4-8-14-18(15)17-12(6-3-7-13(17)21-14)19-16(22)10-5-11-20-19/h3-11H,1-2H3. The quantitative estimate of drug-likeness (QED) is 0.442. The maximum atomic E-state index is 4.79. The van der Waals surface area contributed by atoms with Crippen LogP contribution in [0.1, 0.15) is 0 Å². The third-order valence-electron chi connectivity index (χ3n) is 4.93. The van der Waals surface area contributed by atoms with Crippen LogP contribution in [0.4, 0.5) is 0 Å². The first kappa shape index (κ1) is 12.6. The summed E-state index contributed by atoms with van der Waals surface area (Å²) >= 11 is 1.91. The smallest absolute Gasteiger partial charge is 0.115 e. The van der Waals surface area contributed by atoms with E-state index in [1.165, 1.54) is 36.6 Å². The zero-order chi connectivity index (χ0) is 14.9. The number of hydrogen-bond acceptors (Lipinski definition) is 2. The molecule has 1 aliphatic rings. The van der Waals surface area contributed by atoms with E-state index in [2.05, 4.69) is 61.6 Å². The lowest BCUT2D eigenvalue weighted by Crippen LogP contribution is -2.53. The molecule has 4 aromatic rings. The van der Waals surface area contributed by atoms with Gasteiger partial charge in [-0.2, -0.15) is 0 Å². The van der Waals surface area contributed by atoms with Crippen LogP contribution in [-0.4, -0.2) is 13.1 Å². The minimum atomic E-state index is -1.75. The molecular weight excluding hydrogens is 302 g/mol. The van der Waals surface area contributed by atoms with Crippen molar-refractivity contribution < 1.29 is 0 Å². The summed E-state index contributed by atoms with van der Waals surface area (Å²) in [5.74, 6) is 0. The predicted molar refractivity (Wildman–Crippen MR) is 99.3 cm³/mol. The average molecular weight is 317 g/mol. The van der Waals surface area contributed by atoms with Gasteiger partial charge in [0.1, 0.15) is 8.07 Å². The first-order chi connectivity index (χ1) is 10.7. The van der Waals surface area contributed by atoms with Gasteiger partial charge in [0, 0.05) is 31.9 Å². The highest BCUT2D eigenvalue weighted by atomic mass is 32.1. The fourth-order valence-corrected chi connectivity index (χ4v) is 8.09. The average Bonchev–Trinajstić information content (AvgIpc) is 2.89. The van der Waals surface area contributed by atoms with Crippen molar-refractivity contribution in [3.63, 3.8) is 0 Å². The fourth-order valence-electron chi connectivity index (χ4n) is 3.85. The summed E-state index contributed by atoms with van der Waals surface area (Å²) in [5.41, 5.74) is 2.51. The van der Waals surface area contributed by atoms with Gasteiger partial charge in [0.2, 0.25) is 0 Å². The lowest BCUT2D eigenvalue weighted by atomic mass is 10.0. The summed E-state index contributed by atoms with van der Waals surface area (Å²) in [6, 6.07) is 17.9. The number of rotatable bonds is 0. The lowest BCUT2D eigenvalue weighted by molar-refractivity contribution is 1.35. The number of nitrogens with zero attached hydrogens (tertiary/aromatic N) is 1. The first-order valence-corrected chi connectivity index (χ1v) is 11.4. The molecule has 106 valence electrons. The highest BCUT2D eigenvalue weighted by Crippen LogP contribution is 2.40. The summed E-state index contributed by atoms with van der Waals surface area (Å²) < 4.78 is 2.79. The fraction of sp³-hybridized carbons (Fsp3) is 0.105. The number of fused-ring (bicyclic) bond motifs is 2. The van der Waals surface area contributed by atoms with Crippen LogP contribution in [0.25, 0.3) is 31.4 Å². The largest absolute Gasteiger partial charge is 0.256 e. The molecule has 0 radical (unpaired) electrons. The molecule has 3 heteroatoms. The Morgan fingerprint density at radius 3 is 2.41 bits per heavy atom. The van der Waals surface area contributed by atoms with Gasteiger partial charge in [-0.1, -0.05) is 43.4 Å². The van der Waals surface area contributed by atoms with Crippen LogP contribution in [0.2, 0.25) is 13.1 Å². The third-order valence-corrected chi connectivity index (χ3v) is 9.57. The highest BCUT2D eigenvalue weighted by molar-refractivity contribution is 7.26. The molecule has 2 aromatic heterocycles. The van der Waals surface area contributed by atoms with Crippen molar-refractivity contribution in [1.82, 2.24) is 4.98 Å². The first-order valence-electron chi connectivity index (χ1n) is 7.58. The summed E-state index contributed by atoms with van der Waals surface area (Å²) in [6.45, 7) is 4.91. The molecule has 3 heterocycles. The monoisotopic (exact) mass is 317 g/mol. The van der Waals surface area contributed by atoms with Gasteiger partial charge in [0.15, 0.2) is 0 Å². The van der Waals surface area contributed by atoms with Crippen LogP contribution < -0.4 is 10.4 Å². The maximum Gasteiger partial charge on any atom is 0.115 e. The van der Waals surface area contributed by atoms with Crippen LogP contribution in [0.3, 0.4) is 0 Å². The van der Waals surface area contributed by atoms with Crippen molar-refractivity contribution in [3.05, 3.63) is 54.7 Å². The summed E-state index contributed by atoms with van der Waals surface area (Å²) in [7, 11) is -1.75. The number of thiophene rings is 1. The number of benzene rings is 2. The molecule has 0 fully saturated rings. The van der Waals surface area contributed by atoms with Crippen LogP contribution in [0, 0.1) is 0 Å². The molecule has 1 nitrogen and oxygen atoms in total. The Labute approximate surface area is 134 Å². The van der Waals surface area contributed by atoms with E-state index < -0.39 is 8.07 Å². The second-order valence-electron chi connectivity index (χ2n) is 6.48. The van der Waals surface area contributed by atoms with Gasteiger partial charge in [-0.05, 0) is 28.6 Å². The van der Waals surface area contributed by atoms with E-state index in [0.29, 0.717) is 0 Å².